The third-order valence-electron chi connectivity index (χ3n) is 5.42. The molecule has 0 bridgehead atoms. The van der Waals surface area contributed by atoms with Crippen LogP contribution in [0.2, 0.25) is 0 Å². The number of aryl methyl sites for hydroxylation is 2. The minimum Gasteiger partial charge on any atom is -0.504 e. The Morgan fingerprint density at radius 3 is 2.06 bits per heavy atom. The molecule has 2 N–H and O–H groups in total. The summed E-state index contributed by atoms with van der Waals surface area (Å²) >= 11 is 1.40. The second kappa shape index (κ2) is 12.7. The van der Waals surface area contributed by atoms with Crippen molar-refractivity contribution in [3.63, 3.8) is 0 Å². The lowest BCUT2D eigenvalue weighted by Crippen LogP contribution is -2.18. The zero-order valence-corrected chi connectivity index (χ0v) is 21.0. The second-order valence-corrected chi connectivity index (χ2v) is 10.7. The first kappa shape index (κ1) is 25.2. The van der Waals surface area contributed by atoms with Gasteiger partial charge in [-0.05, 0) is 66.8 Å². The molecule has 0 amide bonds. The summed E-state index contributed by atoms with van der Waals surface area (Å²) in [5.41, 5.74) is 3.38. The molecule has 1 unspecified atom stereocenters. The van der Waals surface area contributed by atoms with E-state index in [1.807, 2.05) is 12.1 Å². The minimum absolute atomic E-state index is 0.228. The van der Waals surface area contributed by atoms with Crippen molar-refractivity contribution in [1.29, 1.82) is 0 Å². The van der Waals surface area contributed by atoms with E-state index < -0.39 is 11.0 Å². The molecule has 0 aliphatic rings. The van der Waals surface area contributed by atoms with E-state index in [0.717, 1.165) is 29.8 Å². The van der Waals surface area contributed by atoms with Crippen LogP contribution in [0.5, 0.6) is 11.5 Å². The predicted octanol–water partition coefficient (Wildman–Crippen LogP) is 7.41. The highest BCUT2D eigenvalue weighted by atomic mass is 32.2. The van der Waals surface area contributed by atoms with Gasteiger partial charge in [0.05, 0.1) is 10.6 Å². The molecule has 0 aliphatic carbocycles. The van der Waals surface area contributed by atoms with E-state index in [0.29, 0.717) is 4.90 Å². The molecule has 0 fully saturated rings. The van der Waals surface area contributed by atoms with Gasteiger partial charge in [0, 0.05) is 22.9 Å². The first-order chi connectivity index (χ1) is 16.0. The molecule has 3 rings (SSSR count). The summed E-state index contributed by atoms with van der Waals surface area (Å²) in [5, 5.41) is 19.6. The zero-order valence-electron chi connectivity index (χ0n) is 19.4. The van der Waals surface area contributed by atoms with E-state index in [2.05, 4.69) is 50.2 Å². The number of aromatic hydroxyl groups is 2. The van der Waals surface area contributed by atoms with E-state index in [1.165, 1.54) is 60.9 Å². The van der Waals surface area contributed by atoms with Crippen LogP contribution in [0, 0.1) is 0 Å². The Kier molecular flexibility index (Phi) is 9.70. The molecular weight excluding hydrogens is 450 g/mol. The summed E-state index contributed by atoms with van der Waals surface area (Å²) in [4.78, 5) is 1.40. The highest BCUT2D eigenvalue weighted by Crippen LogP contribution is 2.35. The van der Waals surface area contributed by atoms with Crippen LogP contribution in [0.3, 0.4) is 0 Å². The van der Waals surface area contributed by atoms with Crippen LogP contribution >= 0.6 is 11.9 Å². The van der Waals surface area contributed by atoms with Crippen molar-refractivity contribution in [2.75, 3.05) is 3.71 Å². The summed E-state index contributed by atoms with van der Waals surface area (Å²) in [5.74, 6) is -0.508. The smallest absolute Gasteiger partial charge is 0.163 e. The summed E-state index contributed by atoms with van der Waals surface area (Å²) in [7, 11) is -1.59. The molecule has 0 aromatic heterocycles. The molecule has 0 spiro atoms. The van der Waals surface area contributed by atoms with Gasteiger partial charge in [0.25, 0.3) is 0 Å². The van der Waals surface area contributed by atoms with Crippen LogP contribution in [0.1, 0.15) is 57.1 Å². The van der Waals surface area contributed by atoms with Gasteiger partial charge < -0.3 is 10.2 Å². The van der Waals surface area contributed by atoms with Crippen molar-refractivity contribution in [3.8, 4) is 11.5 Å². The van der Waals surface area contributed by atoms with Gasteiger partial charge in [-0.1, -0.05) is 63.8 Å². The first-order valence-electron chi connectivity index (χ1n) is 11.6. The van der Waals surface area contributed by atoms with E-state index in [4.69, 9.17) is 0 Å². The van der Waals surface area contributed by atoms with Crippen molar-refractivity contribution in [1.82, 2.24) is 0 Å². The van der Waals surface area contributed by atoms with Gasteiger partial charge >= 0.3 is 0 Å². The average molecular weight is 484 g/mol. The highest BCUT2D eigenvalue weighted by molar-refractivity contribution is 8.12. The van der Waals surface area contributed by atoms with Crippen molar-refractivity contribution in [3.05, 3.63) is 77.9 Å². The van der Waals surface area contributed by atoms with Gasteiger partial charge in [-0.15, -0.1) is 0 Å². The number of phenols is 2. The number of benzene rings is 3. The molecule has 1 atom stereocenters. The molecule has 33 heavy (non-hydrogen) atoms. The number of rotatable bonds is 12. The molecule has 3 aromatic rings. The van der Waals surface area contributed by atoms with E-state index in [9.17, 15) is 14.4 Å². The Morgan fingerprint density at radius 2 is 1.42 bits per heavy atom. The first-order valence-corrected chi connectivity index (χ1v) is 13.5. The van der Waals surface area contributed by atoms with E-state index in [-0.39, 0.29) is 11.5 Å². The fourth-order valence-corrected chi connectivity index (χ4v) is 5.90. The van der Waals surface area contributed by atoms with Gasteiger partial charge in [0.2, 0.25) is 0 Å². The Balaban J connectivity index is 1.84. The minimum atomic E-state index is -1.59. The second-order valence-electron chi connectivity index (χ2n) is 8.12. The maximum absolute atomic E-state index is 13.5. The molecule has 6 heteroatoms. The lowest BCUT2D eigenvalue weighted by molar-refractivity contribution is 0.402. The maximum atomic E-state index is 13.5. The molecule has 0 aliphatic heterocycles. The highest BCUT2D eigenvalue weighted by Gasteiger charge is 2.20. The number of hydrogen-bond acceptors (Lipinski definition) is 4. The number of unbranched alkanes of at least 4 members (excludes halogenated alkanes) is 3. The van der Waals surface area contributed by atoms with Gasteiger partial charge in [-0.2, -0.15) is 0 Å². The fraction of sp³-hybridized carbons (Fsp3) is 0.333. The lowest BCUT2D eigenvalue weighted by Gasteiger charge is -2.22. The molecule has 176 valence electrons. The SMILES string of the molecule is CCCCCCc1ccc(N(Sc2ccc(CCC)cc2)S(=O)c2ccc(O)c(O)c2)cc1. The van der Waals surface area contributed by atoms with Crippen molar-refractivity contribution in [2.45, 2.75) is 68.6 Å². The molecule has 0 saturated heterocycles. The number of anilines is 1. The lowest BCUT2D eigenvalue weighted by atomic mass is 10.1. The third-order valence-corrected chi connectivity index (χ3v) is 8.07. The Bertz CT molecular complexity index is 1040. The molecule has 0 radical (unpaired) electrons. The Labute approximate surface area is 204 Å². The number of phenolic OH excluding ortho intramolecular Hbond substituents is 2. The molecule has 3 aromatic carbocycles. The van der Waals surface area contributed by atoms with E-state index >= 15 is 0 Å². The molecular formula is C27H33NO3S2. The summed E-state index contributed by atoms with van der Waals surface area (Å²) in [6, 6.07) is 20.8. The van der Waals surface area contributed by atoms with Crippen LogP contribution in [0.25, 0.3) is 0 Å². The van der Waals surface area contributed by atoms with Crippen LogP contribution in [-0.4, -0.2) is 14.4 Å². The fourth-order valence-electron chi connectivity index (χ4n) is 3.53. The van der Waals surface area contributed by atoms with Crippen LogP contribution in [-0.2, 0) is 23.8 Å². The van der Waals surface area contributed by atoms with Crippen molar-refractivity contribution in [2.24, 2.45) is 0 Å². The monoisotopic (exact) mass is 483 g/mol. The summed E-state index contributed by atoms with van der Waals surface area (Å²) in [6.07, 6.45) is 8.07. The standard InChI is InChI=1S/C27H33NO3S2/c1-3-5-6-7-9-22-10-14-23(15-11-22)28(32-24-16-12-21(8-4-2)13-17-24)33(31)25-18-19-26(29)27(30)20-25/h10-20,29-30H,3-9H2,1-2H3. The predicted molar refractivity (Wildman–Crippen MR) is 139 cm³/mol. The van der Waals surface area contributed by atoms with Crippen LogP contribution < -0.4 is 3.71 Å². The summed E-state index contributed by atoms with van der Waals surface area (Å²) < 4.78 is 15.3. The zero-order chi connectivity index (χ0) is 23.6. The topological polar surface area (TPSA) is 60.8 Å². The third kappa shape index (κ3) is 7.27. The Morgan fingerprint density at radius 1 is 0.758 bits per heavy atom. The van der Waals surface area contributed by atoms with Gasteiger partial charge in [-0.3, -0.25) is 0 Å². The van der Waals surface area contributed by atoms with Gasteiger partial charge in [-0.25, -0.2) is 7.92 Å². The van der Waals surface area contributed by atoms with Gasteiger partial charge in [0.1, 0.15) is 0 Å². The molecule has 0 heterocycles. The molecule has 0 saturated carbocycles. The van der Waals surface area contributed by atoms with Gasteiger partial charge in [0.15, 0.2) is 22.5 Å². The van der Waals surface area contributed by atoms with Crippen molar-refractivity contribution < 1.29 is 14.4 Å². The maximum Gasteiger partial charge on any atom is 0.163 e. The Hall–Kier alpha value is -2.44. The normalized spacial score (nSPS) is 11.9. The average Bonchev–Trinajstić information content (AvgIpc) is 2.83. The van der Waals surface area contributed by atoms with E-state index in [1.54, 1.807) is 9.78 Å². The number of nitrogens with zero attached hydrogens (tertiary/aromatic N) is 1. The van der Waals surface area contributed by atoms with Crippen LogP contribution in [0.15, 0.2) is 76.5 Å². The quantitative estimate of drug-likeness (QED) is 0.160. The van der Waals surface area contributed by atoms with Crippen molar-refractivity contribution >= 4 is 28.6 Å². The molecule has 4 nitrogen and oxygen atoms in total. The van der Waals surface area contributed by atoms with Crippen LogP contribution in [0.4, 0.5) is 5.69 Å². The summed E-state index contributed by atoms with van der Waals surface area (Å²) in [6.45, 7) is 4.38. The number of hydrogen-bond donors (Lipinski definition) is 2. The largest absolute Gasteiger partial charge is 0.504 e.